The fourth-order valence-electron chi connectivity index (χ4n) is 3.64. The van der Waals surface area contributed by atoms with Crippen LogP contribution in [-0.4, -0.2) is 22.3 Å². The lowest BCUT2D eigenvalue weighted by atomic mass is 9.55. The van der Waals surface area contributed by atoms with Gasteiger partial charge in [0.1, 0.15) is 0 Å². The molecule has 0 heterocycles. The predicted molar refractivity (Wildman–Crippen MR) is 70.1 cm³/mol. The van der Waals surface area contributed by atoms with Crippen molar-refractivity contribution in [3.05, 3.63) is 24.3 Å². The molecular formula is C15H22O3. The molecule has 4 atom stereocenters. The molecule has 0 radical (unpaired) electrons. The molecule has 0 aromatic heterocycles. The van der Waals surface area contributed by atoms with Gasteiger partial charge in [0.2, 0.25) is 0 Å². The van der Waals surface area contributed by atoms with Gasteiger partial charge < -0.3 is 10.2 Å². The summed E-state index contributed by atoms with van der Waals surface area (Å²) in [5.41, 5.74) is 1.39. The van der Waals surface area contributed by atoms with Crippen LogP contribution in [0.3, 0.4) is 0 Å². The molecule has 2 rings (SSSR count). The number of aliphatic hydroxyl groups excluding tert-OH is 1. The SMILES string of the molecule is C=C(C(=O)O)[C@@H]1CC[C@@]2(C)CC[C@@H](O)C(=C)C2C1. The lowest BCUT2D eigenvalue weighted by Crippen LogP contribution is -2.43. The van der Waals surface area contributed by atoms with Crippen LogP contribution in [0.25, 0.3) is 0 Å². The zero-order chi connectivity index (χ0) is 13.5. The molecule has 0 spiro atoms. The Morgan fingerprint density at radius 1 is 1.39 bits per heavy atom. The van der Waals surface area contributed by atoms with Crippen molar-refractivity contribution in [3.8, 4) is 0 Å². The molecular weight excluding hydrogens is 228 g/mol. The highest BCUT2D eigenvalue weighted by atomic mass is 16.4. The lowest BCUT2D eigenvalue weighted by molar-refractivity contribution is -0.133. The molecule has 3 nitrogen and oxygen atoms in total. The molecule has 0 bridgehead atoms. The van der Waals surface area contributed by atoms with Crippen LogP contribution < -0.4 is 0 Å². The summed E-state index contributed by atoms with van der Waals surface area (Å²) in [4.78, 5) is 11.0. The van der Waals surface area contributed by atoms with Crippen molar-refractivity contribution >= 4 is 5.97 Å². The molecule has 2 aliphatic rings. The maximum atomic E-state index is 11.0. The molecule has 2 aliphatic carbocycles. The van der Waals surface area contributed by atoms with E-state index in [2.05, 4.69) is 20.1 Å². The third kappa shape index (κ3) is 2.12. The van der Waals surface area contributed by atoms with Gasteiger partial charge in [-0.1, -0.05) is 20.1 Å². The van der Waals surface area contributed by atoms with Crippen molar-refractivity contribution in [3.63, 3.8) is 0 Å². The van der Waals surface area contributed by atoms with Gasteiger partial charge in [0, 0.05) is 5.57 Å². The molecule has 1 unspecified atom stereocenters. The normalized spacial score (nSPS) is 40.1. The van der Waals surface area contributed by atoms with Crippen LogP contribution in [0, 0.1) is 17.3 Å². The Bertz CT molecular complexity index is 399. The third-order valence-electron chi connectivity index (χ3n) is 5.06. The Balaban J connectivity index is 2.17. The van der Waals surface area contributed by atoms with Crippen molar-refractivity contribution in [1.82, 2.24) is 0 Å². The second-order valence-electron chi connectivity index (χ2n) is 6.14. The molecule has 18 heavy (non-hydrogen) atoms. The second-order valence-corrected chi connectivity index (χ2v) is 6.14. The Kier molecular flexibility index (Phi) is 3.37. The molecule has 0 saturated heterocycles. The van der Waals surface area contributed by atoms with E-state index >= 15 is 0 Å². The highest BCUT2D eigenvalue weighted by Gasteiger charge is 2.46. The van der Waals surface area contributed by atoms with Crippen LogP contribution in [0.5, 0.6) is 0 Å². The number of carbonyl (C=O) groups is 1. The number of aliphatic carboxylic acids is 1. The Hall–Kier alpha value is -1.09. The standard InChI is InChI=1S/C15H22O3/c1-9(14(17)18)11-4-6-15(3)7-5-13(16)10(2)12(15)8-11/h11-13,16H,1-2,4-8H2,3H3,(H,17,18)/t11-,12?,13-,15+/m1/s1. The fraction of sp³-hybridized carbons (Fsp3) is 0.667. The average molecular weight is 250 g/mol. The van der Waals surface area contributed by atoms with Gasteiger partial charge >= 0.3 is 5.97 Å². The molecule has 3 heteroatoms. The number of hydrogen-bond acceptors (Lipinski definition) is 2. The number of fused-ring (bicyclic) bond motifs is 1. The monoisotopic (exact) mass is 250 g/mol. The first kappa shape index (κ1) is 13.3. The largest absolute Gasteiger partial charge is 0.478 e. The Morgan fingerprint density at radius 2 is 2.00 bits per heavy atom. The minimum atomic E-state index is -0.898. The van der Waals surface area contributed by atoms with E-state index < -0.39 is 12.1 Å². The lowest BCUT2D eigenvalue weighted by Gasteiger charge is -2.50. The first-order valence-corrected chi connectivity index (χ1v) is 6.64. The van der Waals surface area contributed by atoms with E-state index in [1.54, 1.807) is 0 Å². The van der Waals surface area contributed by atoms with Gasteiger partial charge in [-0.3, -0.25) is 0 Å². The minimum absolute atomic E-state index is 0.0302. The van der Waals surface area contributed by atoms with Gasteiger partial charge in [0.15, 0.2) is 0 Å². The minimum Gasteiger partial charge on any atom is -0.478 e. The van der Waals surface area contributed by atoms with Crippen LogP contribution in [0.2, 0.25) is 0 Å². The summed E-state index contributed by atoms with van der Waals surface area (Å²) in [6, 6.07) is 0. The second kappa shape index (κ2) is 4.54. The highest BCUT2D eigenvalue weighted by Crippen LogP contribution is 2.54. The summed E-state index contributed by atoms with van der Waals surface area (Å²) in [5.74, 6) is -0.635. The quantitative estimate of drug-likeness (QED) is 0.585. The Morgan fingerprint density at radius 3 is 2.61 bits per heavy atom. The molecule has 0 aromatic rings. The zero-order valence-electron chi connectivity index (χ0n) is 11.0. The maximum Gasteiger partial charge on any atom is 0.331 e. The summed E-state index contributed by atoms with van der Waals surface area (Å²) < 4.78 is 0. The number of carboxylic acid groups (broad SMARTS) is 1. The smallest absolute Gasteiger partial charge is 0.331 e. The van der Waals surface area contributed by atoms with Crippen molar-refractivity contribution in [2.24, 2.45) is 17.3 Å². The number of aliphatic hydroxyl groups is 1. The molecule has 0 aromatic carbocycles. The first-order chi connectivity index (χ1) is 8.35. The topological polar surface area (TPSA) is 57.5 Å². The van der Waals surface area contributed by atoms with Crippen LogP contribution >= 0.6 is 0 Å². The average Bonchev–Trinajstić information content (AvgIpc) is 2.33. The molecule has 2 N–H and O–H groups in total. The summed E-state index contributed by atoms with van der Waals surface area (Å²) in [7, 11) is 0. The van der Waals surface area contributed by atoms with E-state index in [4.69, 9.17) is 5.11 Å². The van der Waals surface area contributed by atoms with E-state index in [1.165, 1.54) is 0 Å². The molecule has 0 aliphatic heterocycles. The number of carboxylic acids is 1. The van der Waals surface area contributed by atoms with Gasteiger partial charge in [-0.15, -0.1) is 0 Å². The van der Waals surface area contributed by atoms with E-state index in [0.717, 1.165) is 37.7 Å². The molecule has 2 saturated carbocycles. The van der Waals surface area contributed by atoms with Crippen LogP contribution in [0.1, 0.15) is 39.0 Å². The molecule has 2 fully saturated rings. The first-order valence-electron chi connectivity index (χ1n) is 6.64. The van der Waals surface area contributed by atoms with Crippen molar-refractivity contribution in [2.45, 2.75) is 45.1 Å². The van der Waals surface area contributed by atoms with Crippen LogP contribution in [0.15, 0.2) is 24.3 Å². The zero-order valence-corrected chi connectivity index (χ0v) is 11.0. The van der Waals surface area contributed by atoms with E-state index in [1.807, 2.05) is 0 Å². The Labute approximate surface area is 108 Å². The fourth-order valence-corrected chi connectivity index (χ4v) is 3.64. The summed E-state index contributed by atoms with van der Waals surface area (Å²) in [5, 5.41) is 19.0. The summed E-state index contributed by atoms with van der Waals surface area (Å²) in [6.45, 7) is 9.97. The number of rotatable bonds is 2. The van der Waals surface area contributed by atoms with Crippen molar-refractivity contribution in [2.75, 3.05) is 0 Å². The van der Waals surface area contributed by atoms with E-state index in [9.17, 15) is 9.90 Å². The molecule has 0 amide bonds. The van der Waals surface area contributed by atoms with Gasteiger partial charge in [-0.05, 0) is 54.9 Å². The maximum absolute atomic E-state index is 11.0. The van der Waals surface area contributed by atoms with E-state index in [0.29, 0.717) is 5.57 Å². The van der Waals surface area contributed by atoms with Gasteiger partial charge in [0.25, 0.3) is 0 Å². The predicted octanol–water partition coefficient (Wildman–Crippen LogP) is 2.76. The van der Waals surface area contributed by atoms with Crippen LogP contribution in [-0.2, 0) is 4.79 Å². The third-order valence-corrected chi connectivity index (χ3v) is 5.06. The van der Waals surface area contributed by atoms with Crippen molar-refractivity contribution in [1.29, 1.82) is 0 Å². The van der Waals surface area contributed by atoms with E-state index in [-0.39, 0.29) is 17.3 Å². The number of hydrogen-bond donors (Lipinski definition) is 2. The van der Waals surface area contributed by atoms with Crippen molar-refractivity contribution < 1.29 is 15.0 Å². The van der Waals surface area contributed by atoms with Crippen LogP contribution in [0.4, 0.5) is 0 Å². The molecule has 100 valence electrons. The van der Waals surface area contributed by atoms with Gasteiger partial charge in [-0.2, -0.15) is 0 Å². The highest BCUT2D eigenvalue weighted by molar-refractivity contribution is 5.86. The van der Waals surface area contributed by atoms with Gasteiger partial charge in [-0.25, -0.2) is 4.79 Å². The summed E-state index contributed by atoms with van der Waals surface area (Å²) in [6.07, 6.45) is 4.04. The van der Waals surface area contributed by atoms with Gasteiger partial charge in [0.05, 0.1) is 6.10 Å². The summed E-state index contributed by atoms with van der Waals surface area (Å²) >= 11 is 0.